The summed E-state index contributed by atoms with van der Waals surface area (Å²) in [7, 11) is 3.69. The number of imidazole rings is 1. The molecule has 220 valence electrons. The molecule has 2 bridgehead atoms. The molecule has 2 saturated carbocycles. The minimum absolute atomic E-state index is 0.0250. The fraction of sp³-hybridized carbons (Fsp3) is 0.400. The van der Waals surface area contributed by atoms with Gasteiger partial charge in [0.15, 0.2) is 5.82 Å². The molecule has 2 unspecified atom stereocenters. The van der Waals surface area contributed by atoms with E-state index < -0.39 is 0 Å². The van der Waals surface area contributed by atoms with E-state index >= 15 is 0 Å². The van der Waals surface area contributed by atoms with Crippen molar-refractivity contribution in [2.24, 2.45) is 24.8 Å². The topological polar surface area (TPSA) is 85.4 Å². The van der Waals surface area contributed by atoms with E-state index in [-0.39, 0.29) is 12.5 Å². The van der Waals surface area contributed by atoms with Crippen LogP contribution in [-0.2, 0) is 20.2 Å². The summed E-state index contributed by atoms with van der Waals surface area (Å²) >= 11 is 0. The van der Waals surface area contributed by atoms with Gasteiger partial charge in [0, 0.05) is 42.7 Å². The van der Waals surface area contributed by atoms with Gasteiger partial charge < -0.3 is 23.9 Å². The Bertz CT molecular complexity index is 1880. The van der Waals surface area contributed by atoms with E-state index in [1.807, 2.05) is 43.4 Å². The number of hydrogen-bond donors (Lipinski definition) is 1. The van der Waals surface area contributed by atoms with Gasteiger partial charge in [-0.1, -0.05) is 31.2 Å². The molecule has 3 aliphatic rings. The number of nitrogens with zero attached hydrogens (tertiary/aromatic N) is 5. The SMILES string of the molecule is COc1cc(C(=O)N2CC3CCC2[C@@H]3C)cc2nc(-c3cc4ccc(-c5ccc(CO)cc5)nc4n3CC3CC3)n(C)c12. The Morgan fingerprint density at radius 2 is 1.84 bits per heavy atom. The number of benzene rings is 2. The summed E-state index contributed by atoms with van der Waals surface area (Å²) in [6.07, 6.45) is 4.77. The number of aryl methyl sites for hydroxylation is 1. The fourth-order valence-electron chi connectivity index (χ4n) is 7.53. The van der Waals surface area contributed by atoms with Gasteiger partial charge in [0.05, 0.1) is 30.6 Å². The number of fused-ring (bicyclic) bond motifs is 4. The third kappa shape index (κ3) is 4.26. The van der Waals surface area contributed by atoms with E-state index in [4.69, 9.17) is 14.7 Å². The van der Waals surface area contributed by atoms with Gasteiger partial charge in [0.1, 0.15) is 16.9 Å². The molecule has 1 saturated heterocycles. The van der Waals surface area contributed by atoms with Crippen molar-refractivity contribution in [3.63, 3.8) is 0 Å². The van der Waals surface area contributed by atoms with Crippen LogP contribution in [0.25, 0.3) is 44.8 Å². The highest BCUT2D eigenvalue weighted by Gasteiger charge is 2.46. The fourth-order valence-corrected chi connectivity index (χ4v) is 7.53. The molecule has 4 heterocycles. The van der Waals surface area contributed by atoms with Crippen molar-refractivity contribution in [1.29, 1.82) is 0 Å². The van der Waals surface area contributed by atoms with Crippen LogP contribution in [0.2, 0.25) is 0 Å². The summed E-state index contributed by atoms with van der Waals surface area (Å²) in [5.74, 6) is 3.39. The predicted octanol–water partition coefficient (Wildman–Crippen LogP) is 6.04. The van der Waals surface area contributed by atoms with Crippen molar-refractivity contribution in [3.8, 4) is 28.5 Å². The van der Waals surface area contributed by atoms with E-state index in [1.165, 1.54) is 19.3 Å². The first-order chi connectivity index (χ1) is 20.9. The number of aliphatic hydroxyl groups excluding tert-OH is 1. The number of rotatable bonds is 7. The third-order valence-electron chi connectivity index (χ3n) is 10.2. The number of pyridine rings is 1. The maximum atomic E-state index is 13.8. The molecule has 1 N–H and O–H groups in total. The van der Waals surface area contributed by atoms with Crippen LogP contribution in [0, 0.1) is 17.8 Å². The molecular weight excluding hydrogens is 538 g/mol. The molecule has 5 aromatic rings. The highest BCUT2D eigenvalue weighted by Crippen LogP contribution is 2.44. The van der Waals surface area contributed by atoms with Gasteiger partial charge in [-0.2, -0.15) is 0 Å². The van der Waals surface area contributed by atoms with Gasteiger partial charge in [-0.3, -0.25) is 4.79 Å². The van der Waals surface area contributed by atoms with E-state index in [0.29, 0.717) is 35.1 Å². The van der Waals surface area contributed by atoms with Gasteiger partial charge >= 0.3 is 0 Å². The van der Waals surface area contributed by atoms with Crippen molar-refractivity contribution in [1.82, 2.24) is 24.0 Å². The maximum Gasteiger partial charge on any atom is 0.254 e. The van der Waals surface area contributed by atoms with Crippen molar-refractivity contribution in [2.45, 2.75) is 51.8 Å². The predicted molar refractivity (Wildman–Crippen MR) is 167 cm³/mol. The molecule has 3 atom stereocenters. The first-order valence-corrected chi connectivity index (χ1v) is 15.5. The van der Waals surface area contributed by atoms with Crippen LogP contribution in [0.5, 0.6) is 5.75 Å². The van der Waals surface area contributed by atoms with Crippen LogP contribution < -0.4 is 4.74 Å². The Morgan fingerprint density at radius 1 is 1.02 bits per heavy atom. The molecular formula is C35H37N5O3. The lowest BCUT2D eigenvalue weighted by Gasteiger charge is -2.27. The molecule has 1 aliphatic heterocycles. The van der Waals surface area contributed by atoms with Gasteiger partial charge in [-0.15, -0.1) is 0 Å². The van der Waals surface area contributed by atoms with Gasteiger partial charge in [0.25, 0.3) is 5.91 Å². The largest absolute Gasteiger partial charge is 0.494 e. The zero-order valence-corrected chi connectivity index (χ0v) is 25.0. The first-order valence-electron chi connectivity index (χ1n) is 15.5. The van der Waals surface area contributed by atoms with E-state index in [1.54, 1.807) is 7.11 Å². The molecule has 3 aromatic heterocycles. The maximum absolute atomic E-state index is 13.8. The van der Waals surface area contributed by atoms with Crippen molar-refractivity contribution in [3.05, 3.63) is 65.7 Å². The highest BCUT2D eigenvalue weighted by atomic mass is 16.5. The number of ether oxygens (including phenoxy) is 1. The molecule has 1 amide bonds. The van der Waals surface area contributed by atoms with Gasteiger partial charge in [-0.05, 0) is 79.3 Å². The molecule has 2 aliphatic carbocycles. The van der Waals surface area contributed by atoms with Crippen molar-refractivity contribution in [2.75, 3.05) is 13.7 Å². The summed E-state index contributed by atoms with van der Waals surface area (Å²) < 4.78 is 10.3. The quantitative estimate of drug-likeness (QED) is 0.256. The molecule has 8 heteroatoms. The van der Waals surface area contributed by atoms with Crippen molar-refractivity contribution >= 4 is 28.0 Å². The Balaban J connectivity index is 1.23. The van der Waals surface area contributed by atoms with Crippen LogP contribution in [0.15, 0.2) is 54.6 Å². The van der Waals surface area contributed by atoms with Gasteiger partial charge in [-0.25, -0.2) is 9.97 Å². The second kappa shape index (κ2) is 9.95. The summed E-state index contributed by atoms with van der Waals surface area (Å²) in [6, 6.07) is 18.5. The standard InChI is InChI=1S/C35H37N5O3/c1-20-25-11-13-29(20)40(18-25)35(42)26-14-28-32(31(16-26)43-3)38(2)34(37-28)30-15-24-10-12-27(23-8-6-22(19-41)7-9-23)36-33(24)39(30)17-21-4-5-21/h6-10,12,14-16,20-21,25,29,41H,4-5,11,13,17-19H2,1-3H3/t20-,25?,29?/m1/s1. The number of aromatic nitrogens is 4. The normalized spacial score (nSPS) is 21.4. The number of hydrogen-bond acceptors (Lipinski definition) is 5. The number of methoxy groups -OCH3 is 1. The Kier molecular flexibility index (Phi) is 6.12. The molecule has 3 fully saturated rings. The average molecular weight is 576 g/mol. The van der Waals surface area contributed by atoms with Crippen LogP contribution in [-0.4, -0.2) is 54.7 Å². The molecule has 0 spiro atoms. The Labute approximate surface area is 250 Å². The lowest BCUT2D eigenvalue weighted by molar-refractivity contribution is 0.0696. The lowest BCUT2D eigenvalue weighted by atomic mass is 10.0. The molecule has 43 heavy (non-hydrogen) atoms. The zero-order valence-electron chi connectivity index (χ0n) is 25.0. The number of carbonyl (C=O) groups excluding carboxylic acids is 1. The van der Waals surface area contributed by atoms with E-state index in [9.17, 15) is 9.90 Å². The monoisotopic (exact) mass is 575 g/mol. The van der Waals surface area contributed by atoms with Crippen LogP contribution in [0.1, 0.15) is 48.5 Å². The number of piperidine rings is 1. The third-order valence-corrected chi connectivity index (χ3v) is 10.2. The molecule has 8 nitrogen and oxygen atoms in total. The zero-order chi connectivity index (χ0) is 29.4. The summed E-state index contributed by atoms with van der Waals surface area (Å²) in [5.41, 5.74) is 7.05. The second-order valence-corrected chi connectivity index (χ2v) is 12.8. The van der Waals surface area contributed by atoms with Crippen LogP contribution in [0.3, 0.4) is 0 Å². The van der Waals surface area contributed by atoms with Crippen LogP contribution in [0.4, 0.5) is 0 Å². The van der Waals surface area contributed by atoms with Crippen LogP contribution >= 0.6 is 0 Å². The Morgan fingerprint density at radius 3 is 2.51 bits per heavy atom. The number of aliphatic hydroxyl groups is 1. The smallest absolute Gasteiger partial charge is 0.254 e. The average Bonchev–Trinajstić information content (AvgIpc) is 3.44. The first kappa shape index (κ1) is 26.5. The molecule has 2 aromatic carbocycles. The molecule has 8 rings (SSSR count). The number of amides is 1. The minimum Gasteiger partial charge on any atom is -0.494 e. The number of likely N-dealkylation sites (tertiary alicyclic amines) is 1. The van der Waals surface area contributed by atoms with Crippen molar-refractivity contribution < 1.29 is 14.6 Å². The lowest BCUT2D eigenvalue weighted by Crippen LogP contribution is -2.38. The van der Waals surface area contributed by atoms with E-state index in [2.05, 4.69) is 39.2 Å². The van der Waals surface area contributed by atoms with E-state index in [0.717, 1.165) is 69.9 Å². The van der Waals surface area contributed by atoms with Gasteiger partial charge in [0.2, 0.25) is 0 Å². The second-order valence-electron chi connectivity index (χ2n) is 12.8. The summed E-state index contributed by atoms with van der Waals surface area (Å²) in [4.78, 5) is 26.1. The Hall–Kier alpha value is -4.17. The molecule has 0 radical (unpaired) electrons. The summed E-state index contributed by atoms with van der Waals surface area (Å²) in [6.45, 7) is 4.05. The minimum atomic E-state index is 0.0250. The summed E-state index contributed by atoms with van der Waals surface area (Å²) in [5, 5.41) is 10.5. The highest BCUT2D eigenvalue weighted by molar-refractivity contribution is 6.00. The number of carbonyl (C=O) groups is 1.